The lowest BCUT2D eigenvalue weighted by atomic mass is 9.51. The molecule has 2 aromatic rings. The SMILES string of the molecule is O=C(CCl)O[C@@H]1CC2(N3CCCCC3)C[C@@H](c3ccccc3)C1[C@H](c1ccccc1)C2. The van der Waals surface area contributed by atoms with Gasteiger partial charge in [-0.15, -0.1) is 11.6 Å². The Balaban J connectivity index is 1.60. The first-order valence-electron chi connectivity index (χ1n) is 11.8. The van der Waals surface area contributed by atoms with E-state index in [-0.39, 0.29) is 29.4 Å². The summed E-state index contributed by atoms with van der Waals surface area (Å²) in [7, 11) is 0. The van der Waals surface area contributed by atoms with Gasteiger partial charge in [-0.2, -0.15) is 0 Å². The number of esters is 1. The first kappa shape index (κ1) is 21.0. The number of hydrogen-bond donors (Lipinski definition) is 0. The molecule has 6 rings (SSSR count). The molecule has 2 bridgehead atoms. The average Bonchev–Trinajstić information content (AvgIpc) is 2.85. The summed E-state index contributed by atoms with van der Waals surface area (Å²) in [6.45, 7) is 2.31. The molecule has 1 heterocycles. The van der Waals surface area contributed by atoms with Crippen LogP contribution in [0.5, 0.6) is 0 Å². The predicted molar refractivity (Wildman–Crippen MR) is 124 cm³/mol. The van der Waals surface area contributed by atoms with Crippen LogP contribution in [0, 0.1) is 5.92 Å². The number of halogens is 1. The summed E-state index contributed by atoms with van der Waals surface area (Å²) in [5.41, 5.74) is 2.83. The van der Waals surface area contributed by atoms with Crippen LogP contribution in [0.4, 0.5) is 0 Å². The third-order valence-corrected chi connectivity index (χ3v) is 8.23. The van der Waals surface area contributed by atoms with Gasteiger partial charge >= 0.3 is 5.97 Å². The Hall–Kier alpha value is -1.84. The summed E-state index contributed by atoms with van der Waals surface area (Å²) >= 11 is 5.88. The molecule has 0 unspecified atom stereocenters. The number of likely N-dealkylation sites (tertiary alicyclic amines) is 1. The molecule has 0 spiro atoms. The van der Waals surface area contributed by atoms with Crippen molar-refractivity contribution in [3.8, 4) is 0 Å². The van der Waals surface area contributed by atoms with Crippen molar-refractivity contribution in [2.45, 2.75) is 62.0 Å². The highest BCUT2D eigenvalue weighted by atomic mass is 35.5. The molecule has 4 fully saturated rings. The number of hydrogen-bond acceptors (Lipinski definition) is 3. The van der Waals surface area contributed by atoms with Gasteiger partial charge < -0.3 is 4.74 Å². The number of alkyl halides is 1. The monoisotopic (exact) mass is 437 g/mol. The summed E-state index contributed by atoms with van der Waals surface area (Å²) < 4.78 is 6.10. The lowest BCUT2D eigenvalue weighted by Crippen LogP contribution is -2.64. The third kappa shape index (κ3) is 4.03. The highest BCUT2D eigenvalue weighted by Crippen LogP contribution is 2.60. The van der Waals surface area contributed by atoms with Crippen LogP contribution < -0.4 is 0 Å². The van der Waals surface area contributed by atoms with Gasteiger partial charge in [0.2, 0.25) is 0 Å². The molecular formula is C27H32ClNO2. The molecule has 2 aromatic carbocycles. The van der Waals surface area contributed by atoms with Crippen LogP contribution in [0.3, 0.4) is 0 Å². The first-order valence-corrected chi connectivity index (χ1v) is 12.3. The van der Waals surface area contributed by atoms with Gasteiger partial charge in [0.05, 0.1) is 0 Å². The lowest BCUT2D eigenvalue weighted by Gasteiger charge is -2.62. The molecule has 4 aliphatic rings. The van der Waals surface area contributed by atoms with Gasteiger partial charge in [0, 0.05) is 17.9 Å². The van der Waals surface area contributed by atoms with E-state index >= 15 is 0 Å². The lowest BCUT2D eigenvalue weighted by molar-refractivity contribution is -0.167. The highest BCUT2D eigenvalue weighted by Gasteiger charge is 2.59. The van der Waals surface area contributed by atoms with Crippen LogP contribution in [-0.4, -0.2) is 41.5 Å². The molecule has 4 heteroatoms. The van der Waals surface area contributed by atoms with Crippen molar-refractivity contribution in [3.63, 3.8) is 0 Å². The van der Waals surface area contributed by atoms with E-state index in [1.165, 1.54) is 30.4 Å². The Bertz CT molecular complexity index is 831. The molecule has 3 aliphatic carbocycles. The van der Waals surface area contributed by atoms with Gasteiger partial charge in [-0.3, -0.25) is 9.69 Å². The van der Waals surface area contributed by atoms with Crippen molar-refractivity contribution in [1.82, 2.24) is 4.90 Å². The molecule has 3 atom stereocenters. The van der Waals surface area contributed by atoms with Gasteiger partial charge in [-0.05, 0) is 61.7 Å². The minimum Gasteiger partial charge on any atom is -0.461 e. The number of piperidine rings is 1. The summed E-state index contributed by atoms with van der Waals surface area (Å²) in [6.07, 6.45) is 7.01. The van der Waals surface area contributed by atoms with Gasteiger partial charge in [0.1, 0.15) is 12.0 Å². The Morgan fingerprint density at radius 1 is 0.871 bits per heavy atom. The van der Waals surface area contributed by atoms with Gasteiger partial charge in [-0.25, -0.2) is 0 Å². The molecule has 1 aliphatic heterocycles. The van der Waals surface area contributed by atoms with Crippen LogP contribution >= 0.6 is 11.6 Å². The fraction of sp³-hybridized carbons (Fsp3) is 0.519. The number of carbonyl (C=O) groups is 1. The normalized spacial score (nSPS) is 33.2. The Labute approximate surface area is 190 Å². The molecule has 3 saturated carbocycles. The third-order valence-electron chi connectivity index (χ3n) is 8.01. The molecule has 0 radical (unpaired) electrons. The fourth-order valence-corrected chi connectivity index (χ4v) is 6.87. The van der Waals surface area contributed by atoms with Crippen molar-refractivity contribution in [2.75, 3.05) is 19.0 Å². The van der Waals surface area contributed by atoms with Crippen LogP contribution in [0.2, 0.25) is 0 Å². The second-order valence-corrected chi connectivity index (χ2v) is 9.93. The molecule has 3 nitrogen and oxygen atoms in total. The summed E-state index contributed by atoms with van der Waals surface area (Å²) in [5.74, 6) is 0.676. The van der Waals surface area contributed by atoms with Crippen LogP contribution in [0.25, 0.3) is 0 Å². The van der Waals surface area contributed by atoms with Crippen molar-refractivity contribution in [1.29, 1.82) is 0 Å². The van der Waals surface area contributed by atoms with Crippen molar-refractivity contribution >= 4 is 17.6 Å². The van der Waals surface area contributed by atoms with Crippen molar-refractivity contribution in [2.24, 2.45) is 5.92 Å². The van der Waals surface area contributed by atoms with E-state index in [0.717, 1.165) is 32.4 Å². The number of fused-ring (bicyclic) bond motifs is 3. The molecule has 31 heavy (non-hydrogen) atoms. The van der Waals surface area contributed by atoms with Gasteiger partial charge in [-0.1, -0.05) is 67.1 Å². The maximum atomic E-state index is 12.4. The Kier molecular flexibility index (Phi) is 6.08. The highest BCUT2D eigenvalue weighted by molar-refractivity contribution is 6.26. The van der Waals surface area contributed by atoms with Crippen LogP contribution in [-0.2, 0) is 9.53 Å². The van der Waals surface area contributed by atoms with E-state index in [0.29, 0.717) is 11.8 Å². The molecule has 0 amide bonds. The van der Waals surface area contributed by atoms with E-state index in [2.05, 4.69) is 65.6 Å². The number of nitrogens with zero attached hydrogens (tertiary/aromatic N) is 1. The summed E-state index contributed by atoms with van der Waals surface area (Å²) in [5, 5.41) is 0. The molecular weight excluding hydrogens is 406 g/mol. The topological polar surface area (TPSA) is 29.5 Å². The number of rotatable bonds is 5. The standard InChI is InChI=1S/C27H32ClNO2/c28-19-25(30)31-24-18-27(29-14-8-3-9-15-29)16-22(20-10-4-1-5-11-20)26(24)23(17-27)21-12-6-2-7-13-21/h1-2,4-7,10-13,22-24,26H,3,8-9,14-19H2/t22-,23-,24+,26?,27?/m0/s1. The van der Waals surface area contributed by atoms with E-state index in [1.807, 2.05) is 0 Å². The zero-order valence-corrected chi connectivity index (χ0v) is 18.8. The van der Waals surface area contributed by atoms with Crippen molar-refractivity contribution in [3.05, 3.63) is 71.8 Å². The zero-order chi connectivity index (χ0) is 21.3. The van der Waals surface area contributed by atoms with Crippen molar-refractivity contribution < 1.29 is 9.53 Å². The zero-order valence-electron chi connectivity index (χ0n) is 18.1. The quantitative estimate of drug-likeness (QED) is 0.441. The first-order chi connectivity index (χ1) is 15.2. The van der Waals surface area contributed by atoms with E-state index in [9.17, 15) is 4.79 Å². The smallest absolute Gasteiger partial charge is 0.321 e. The van der Waals surface area contributed by atoms with E-state index < -0.39 is 0 Å². The average molecular weight is 438 g/mol. The molecule has 1 saturated heterocycles. The minimum absolute atomic E-state index is 0.0768. The number of benzene rings is 2. The maximum Gasteiger partial charge on any atom is 0.321 e. The van der Waals surface area contributed by atoms with E-state index in [4.69, 9.17) is 16.3 Å². The fourth-order valence-electron chi connectivity index (χ4n) is 6.81. The second-order valence-electron chi connectivity index (χ2n) is 9.66. The van der Waals surface area contributed by atoms with Crippen LogP contribution in [0.1, 0.15) is 61.5 Å². The predicted octanol–water partition coefficient (Wildman–Crippen LogP) is 5.74. The Morgan fingerprint density at radius 3 is 1.94 bits per heavy atom. The number of ether oxygens (including phenoxy) is 1. The maximum absolute atomic E-state index is 12.4. The largest absolute Gasteiger partial charge is 0.461 e. The Morgan fingerprint density at radius 2 is 1.42 bits per heavy atom. The number of carbonyl (C=O) groups excluding carboxylic acids is 1. The molecule has 0 N–H and O–H groups in total. The summed E-state index contributed by atoms with van der Waals surface area (Å²) in [4.78, 5) is 15.1. The van der Waals surface area contributed by atoms with Crippen LogP contribution in [0.15, 0.2) is 60.7 Å². The van der Waals surface area contributed by atoms with Gasteiger partial charge in [0.25, 0.3) is 0 Å². The van der Waals surface area contributed by atoms with Gasteiger partial charge in [0.15, 0.2) is 0 Å². The van der Waals surface area contributed by atoms with E-state index in [1.54, 1.807) is 0 Å². The second kappa shape index (κ2) is 8.96. The summed E-state index contributed by atoms with van der Waals surface area (Å²) in [6, 6.07) is 21.8. The molecule has 164 valence electrons. The molecule has 0 aromatic heterocycles. The minimum atomic E-state index is -0.286.